The van der Waals surface area contributed by atoms with Gasteiger partial charge in [-0.05, 0) is 31.5 Å². The molecule has 1 aromatic heterocycles. The molecule has 4 atom stereocenters. The molecular weight excluding hydrogens is 503 g/mol. The van der Waals surface area contributed by atoms with Crippen molar-refractivity contribution in [3.8, 4) is 5.75 Å². The normalized spacial score (nSPS) is 24.1. The van der Waals surface area contributed by atoms with Gasteiger partial charge in [-0.25, -0.2) is 4.39 Å². The number of hydrogen-bond acceptors (Lipinski definition) is 5. The summed E-state index contributed by atoms with van der Waals surface area (Å²) in [5.41, 5.74) is 1.53. The lowest BCUT2D eigenvalue weighted by molar-refractivity contribution is -0.272. The number of aromatic nitrogens is 1. The highest BCUT2D eigenvalue weighted by Gasteiger charge is 2.66. The first-order valence-corrected chi connectivity index (χ1v) is 10.3. The van der Waals surface area contributed by atoms with Crippen molar-refractivity contribution in [2.24, 2.45) is 11.7 Å². The minimum absolute atomic E-state index is 0.0474. The van der Waals surface area contributed by atoms with Crippen molar-refractivity contribution >= 4 is 17.5 Å². The maximum atomic E-state index is 14.4. The Morgan fingerprint density at radius 2 is 1.89 bits per heavy atom. The summed E-state index contributed by atoms with van der Waals surface area (Å²) in [6.45, 7) is -0.506. The number of amides is 2. The van der Waals surface area contributed by atoms with Crippen LogP contribution in [0, 0.1) is 24.5 Å². The van der Waals surface area contributed by atoms with Gasteiger partial charge in [0.15, 0.2) is 17.2 Å². The summed E-state index contributed by atoms with van der Waals surface area (Å²) in [5, 5.41) is 2.31. The van der Waals surface area contributed by atoms with Crippen LogP contribution < -0.4 is 15.8 Å². The van der Waals surface area contributed by atoms with E-state index in [-0.39, 0.29) is 11.4 Å². The summed E-state index contributed by atoms with van der Waals surface area (Å²) in [4.78, 5) is 28.4. The maximum absolute atomic E-state index is 14.4. The first kappa shape index (κ1) is 27.2. The summed E-state index contributed by atoms with van der Waals surface area (Å²) >= 11 is 0. The van der Waals surface area contributed by atoms with Crippen LogP contribution in [0.3, 0.4) is 0 Å². The van der Waals surface area contributed by atoms with Gasteiger partial charge in [-0.2, -0.15) is 26.3 Å². The van der Waals surface area contributed by atoms with Gasteiger partial charge in [0.25, 0.3) is 11.8 Å². The number of carbonyl (C=O) groups is 2. The van der Waals surface area contributed by atoms with Crippen LogP contribution in [-0.2, 0) is 9.53 Å². The molecule has 0 spiro atoms. The topological polar surface area (TPSA) is 104 Å². The molecule has 0 radical (unpaired) electrons. The number of ether oxygens (including phenoxy) is 2. The van der Waals surface area contributed by atoms with E-state index in [0.29, 0.717) is 18.6 Å². The van der Waals surface area contributed by atoms with Gasteiger partial charge in [0, 0.05) is 29.3 Å². The second-order valence-corrected chi connectivity index (χ2v) is 8.35. The average molecular weight is 523 g/mol. The Morgan fingerprint density at radius 3 is 2.44 bits per heavy atom. The van der Waals surface area contributed by atoms with Crippen LogP contribution in [0.1, 0.15) is 41.4 Å². The van der Waals surface area contributed by atoms with E-state index in [1.54, 1.807) is 0 Å². The number of benzene rings is 1. The number of anilines is 1. The number of nitrogens with one attached hydrogen (secondary N) is 1. The SMILES string of the molecule is Cc1cnc(C(N)=O)cc1NC(=O)[C@H]1O[C@@](C)(C(F)(F)F)[C@H](C)[C@@H]1c1ccc(F)c(F)c1OC(F)F. The van der Waals surface area contributed by atoms with Gasteiger partial charge < -0.3 is 20.5 Å². The van der Waals surface area contributed by atoms with E-state index in [9.17, 15) is 40.3 Å². The molecule has 1 aliphatic heterocycles. The molecule has 7 nitrogen and oxygen atoms in total. The van der Waals surface area contributed by atoms with Crippen molar-refractivity contribution in [2.45, 2.75) is 51.2 Å². The fourth-order valence-corrected chi connectivity index (χ4v) is 4.04. The summed E-state index contributed by atoms with van der Waals surface area (Å²) in [7, 11) is 0. The van der Waals surface area contributed by atoms with Gasteiger partial charge in [-0.1, -0.05) is 13.0 Å². The minimum atomic E-state index is -5.05. The largest absolute Gasteiger partial charge is 0.431 e. The summed E-state index contributed by atoms with van der Waals surface area (Å²) < 4.78 is 105. The Bertz CT molecular complexity index is 1190. The lowest BCUT2D eigenvalue weighted by Crippen LogP contribution is -2.47. The number of primary amides is 1. The molecular formula is C22H20F7N3O4. The molecule has 2 aromatic rings. The van der Waals surface area contributed by atoms with Gasteiger partial charge in [-0.15, -0.1) is 0 Å². The number of rotatable bonds is 6. The molecule has 2 heterocycles. The standard InChI is InChI=1S/C22H20F7N3O4/c1-8-7-31-13(18(30)33)6-12(8)32-19(34)17-14(9(2)21(3,36-17)22(27,28)29)10-4-5-11(23)15(24)16(10)35-20(25)26/h4-7,9,14,17,20H,1-3H3,(H2,30,33)(H,31,32,34)/t9-,14-,17+,21-/m1/s1. The van der Waals surface area contributed by atoms with Gasteiger partial charge in [0.1, 0.15) is 11.8 Å². The molecule has 0 bridgehead atoms. The van der Waals surface area contributed by atoms with Gasteiger partial charge in [0.2, 0.25) is 5.82 Å². The van der Waals surface area contributed by atoms with Crippen LogP contribution in [0.15, 0.2) is 24.4 Å². The van der Waals surface area contributed by atoms with Crippen LogP contribution in [0.25, 0.3) is 0 Å². The molecule has 14 heteroatoms. The minimum Gasteiger partial charge on any atom is -0.431 e. The van der Waals surface area contributed by atoms with Gasteiger partial charge >= 0.3 is 12.8 Å². The quantitative estimate of drug-likeness (QED) is 0.545. The van der Waals surface area contributed by atoms with Crippen LogP contribution >= 0.6 is 0 Å². The van der Waals surface area contributed by atoms with Crippen LogP contribution in [0.2, 0.25) is 0 Å². The number of pyridine rings is 1. The predicted octanol–water partition coefficient (Wildman–Crippen LogP) is 4.45. The summed E-state index contributed by atoms with van der Waals surface area (Å²) in [6, 6.07) is 2.35. The number of alkyl halides is 5. The molecule has 3 N–H and O–H groups in total. The third kappa shape index (κ3) is 4.81. The van der Waals surface area contributed by atoms with Crippen molar-refractivity contribution < 1.29 is 49.8 Å². The highest BCUT2D eigenvalue weighted by Crippen LogP contribution is 2.55. The zero-order valence-electron chi connectivity index (χ0n) is 18.9. The summed E-state index contributed by atoms with van der Waals surface area (Å²) in [5.74, 6) is -10.3. The van der Waals surface area contributed by atoms with E-state index in [1.165, 1.54) is 13.1 Å². The van der Waals surface area contributed by atoms with E-state index >= 15 is 0 Å². The van der Waals surface area contributed by atoms with E-state index in [2.05, 4.69) is 15.0 Å². The van der Waals surface area contributed by atoms with E-state index < -0.39 is 71.1 Å². The van der Waals surface area contributed by atoms with E-state index in [4.69, 9.17) is 10.5 Å². The van der Waals surface area contributed by atoms with Crippen molar-refractivity contribution in [3.63, 3.8) is 0 Å². The van der Waals surface area contributed by atoms with Gasteiger partial charge in [0.05, 0.1) is 0 Å². The Labute approximate surface area is 199 Å². The van der Waals surface area contributed by atoms with Gasteiger partial charge in [-0.3, -0.25) is 14.6 Å². The molecule has 1 aliphatic rings. The Hall–Kier alpha value is -3.42. The zero-order chi connectivity index (χ0) is 27.2. The van der Waals surface area contributed by atoms with E-state index in [1.807, 2.05) is 0 Å². The zero-order valence-corrected chi connectivity index (χ0v) is 18.9. The summed E-state index contributed by atoms with van der Waals surface area (Å²) in [6.07, 6.45) is -5.90. The van der Waals surface area contributed by atoms with Crippen molar-refractivity contribution in [2.75, 3.05) is 5.32 Å². The number of hydrogen-bond donors (Lipinski definition) is 2. The van der Waals surface area contributed by atoms with Crippen molar-refractivity contribution in [3.05, 3.63) is 52.9 Å². The first-order valence-electron chi connectivity index (χ1n) is 10.3. The molecule has 0 unspecified atom stereocenters. The van der Waals surface area contributed by atoms with E-state index in [0.717, 1.165) is 19.1 Å². The Morgan fingerprint density at radius 1 is 1.25 bits per heavy atom. The third-order valence-corrected chi connectivity index (χ3v) is 6.19. The maximum Gasteiger partial charge on any atom is 0.417 e. The second kappa shape index (κ2) is 9.56. The fourth-order valence-electron chi connectivity index (χ4n) is 4.04. The molecule has 0 saturated carbocycles. The molecule has 1 saturated heterocycles. The molecule has 36 heavy (non-hydrogen) atoms. The number of nitrogens with two attached hydrogens (primary N) is 1. The molecule has 0 aliphatic carbocycles. The monoisotopic (exact) mass is 523 g/mol. The third-order valence-electron chi connectivity index (χ3n) is 6.19. The lowest BCUT2D eigenvalue weighted by atomic mass is 9.77. The highest BCUT2D eigenvalue weighted by atomic mass is 19.4. The smallest absolute Gasteiger partial charge is 0.417 e. The highest BCUT2D eigenvalue weighted by molar-refractivity contribution is 5.98. The first-order chi connectivity index (χ1) is 16.6. The number of carbonyl (C=O) groups excluding carboxylic acids is 2. The van der Waals surface area contributed by atoms with Crippen molar-refractivity contribution in [1.82, 2.24) is 4.98 Å². The predicted molar refractivity (Wildman–Crippen MR) is 110 cm³/mol. The fraction of sp³-hybridized carbons (Fsp3) is 0.409. The number of halogens is 7. The lowest BCUT2D eigenvalue weighted by Gasteiger charge is -2.32. The average Bonchev–Trinajstić information content (AvgIpc) is 3.05. The molecule has 196 valence electrons. The Kier molecular flexibility index (Phi) is 7.22. The molecule has 2 amide bonds. The van der Waals surface area contributed by atoms with Crippen molar-refractivity contribution in [1.29, 1.82) is 0 Å². The number of aryl methyl sites for hydroxylation is 1. The number of nitrogens with zero attached hydrogens (tertiary/aromatic N) is 1. The van der Waals surface area contributed by atoms with Crippen LogP contribution in [0.4, 0.5) is 36.4 Å². The van der Waals surface area contributed by atoms with Crippen LogP contribution in [-0.4, -0.2) is 41.3 Å². The van der Waals surface area contributed by atoms with Crippen LogP contribution in [0.5, 0.6) is 5.75 Å². The molecule has 1 aromatic carbocycles. The Balaban J connectivity index is 2.13. The second-order valence-electron chi connectivity index (χ2n) is 8.35. The molecule has 1 fully saturated rings. The molecule has 3 rings (SSSR count).